The molecule has 0 saturated carbocycles. The van der Waals surface area contributed by atoms with Gasteiger partial charge in [0, 0.05) is 0 Å². The van der Waals surface area contributed by atoms with Crippen molar-refractivity contribution >= 4 is 0 Å². The van der Waals surface area contributed by atoms with Crippen LogP contribution in [0.25, 0.3) is 0 Å². The summed E-state index contributed by atoms with van der Waals surface area (Å²) < 4.78 is 57.2. The summed E-state index contributed by atoms with van der Waals surface area (Å²) in [6.07, 6.45) is -9.72. The summed E-state index contributed by atoms with van der Waals surface area (Å²) in [7, 11) is 1.62. The fourth-order valence-electron chi connectivity index (χ4n) is 7.32. The van der Waals surface area contributed by atoms with E-state index in [2.05, 4.69) is 0 Å². The molecule has 0 amide bonds. The van der Waals surface area contributed by atoms with E-state index >= 15 is 0 Å². The van der Waals surface area contributed by atoms with Crippen LogP contribution in [0.3, 0.4) is 0 Å². The molecule has 2 aliphatic heterocycles. The van der Waals surface area contributed by atoms with E-state index < -0.39 is 61.4 Å². The van der Waals surface area contributed by atoms with Crippen LogP contribution < -0.4 is 4.74 Å². The predicted octanol–water partition coefficient (Wildman–Crippen LogP) is 6.76. The number of ether oxygens (including phenoxy) is 9. The van der Waals surface area contributed by atoms with Gasteiger partial charge < -0.3 is 52.8 Å². The molecule has 312 valence electrons. The molecule has 0 bridgehead atoms. The van der Waals surface area contributed by atoms with Crippen LogP contribution in [0, 0.1) is 0 Å². The van der Waals surface area contributed by atoms with Gasteiger partial charge in [-0.25, -0.2) is 0 Å². The van der Waals surface area contributed by atoms with E-state index in [9.17, 15) is 10.2 Å². The lowest BCUT2D eigenvalue weighted by atomic mass is 9.96. The first kappa shape index (κ1) is 42.6. The molecule has 0 radical (unpaired) electrons. The first-order chi connectivity index (χ1) is 28.9. The maximum atomic E-state index is 12.2. The highest BCUT2D eigenvalue weighted by Crippen LogP contribution is 2.34. The van der Waals surface area contributed by atoms with E-state index in [1.165, 1.54) is 0 Å². The number of hydrogen-bond acceptors (Lipinski definition) is 11. The highest BCUT2D eigenvalue weighted by Gasteiger charge is 2.52. The lowest BCUT2D eigenvalue weighted by molar-refractivity contribution is -0.366. The second-order valence-electron chi connectivity index (χ2n) is 14.8. The molecule has 11 nitrogen and oxygen atoms in total. The highest BCUT2D eigenvalue weighted by atomic mass is 16.7. The third-order valence-corrected chi connectivity index (χ3v) is 10.5. The monoisotopic (exact) mass is 806 g/mol. The molecule has 7 rings (SSSR count). The van der Waals surface area contributed by atoms with E-state index in [0.717, 1.165) is 33.6 Å². The Bertz CT molecular complexity index is 1920. The van der Waals surface area contributed by atoms with Crippen molar-refractivity contribution in [2.75, 3.05) is 13.7 Å². The predicted molar refractivity (Wildman–Crippen MR) is 219 cm³/mol. The van der Waals surface area contributed by atoms with Crippen molar-refractivity contribution in [2.45, 2.75) is 101 Å². The average molecular weight is 807 g/mol. The van der Waals surface area contributed by atoms with Gasteiger partial charge in [0.15, 0.2) is 12.6 Å². The minimum absolute atomic E-state index is 0.0348. The van der Waals surface area contributed by atoms with Crippen LogP contribution in [0.15, 0.2) is 146 Å². The molecule has 0 unspecified atom stereocenters. The summed E-state index contributed by atoms with van der Waals surface area (Å²) in [4.78, 5) is 0. The fraction of sp³-hybridized carbons (Fsp3) is 0.375. The zero-order valence-corrected chi connectivity index (χ0v) is 33.4. The van der Waals surface area contributed by atoms with E-state index in [-0.39, 0.29) is 33.0 Å². The smallest absolute Gasteiger partial charge is 0.187 e. The van der Waals surface area contributed by atoms with Crippen molar-refractivity contribution in [1.82, 2.24) is 0 Å². The molecule has 0 aromatic heterocycles. The third kappa shape index (κ3) is 11.8. The maximum Gasteiger partial charge on any atom is 0.187 e. The molecule has 59 heavy (non-hydrogen) atoms. The summed E-state index contributed by atoms with van der Waals surface area (Å²) in [5, 5.41) is 23.8. The molecule has 2 fully saturated rings. The van der Waals surface area contributed by atoms with Gasteiger partial charge in [0.2, 0.25) is 0 Å². The molecule has 11 heteroatoms. The van der Waals surface area contributed by atoms with E-state index in [1.807, 2.05) is 153 Å². The summed E-state index contributed by atoms with van der Waals surface area (Å²) >= 11 is 0. The zero-order chi connectivity index (χ0) is 40.8. The summed E-state index contributed by atoms with van der Waals surface area (Å²) in [5.41, 5.74) is 4.65. The Hall–Kier alpha value is -4.50. The largest absolute Gasteiger partial charge is 0.497 e. The quantitative estimate of drug-likeness (QED) is 0.0921. The van der Waals surface area contributed by atoms with E-state index in [1.54, 1.807) is 7.11 Å². The maximum absolute atomic E-state index is 12.2. The standard InChI is InChI=1S/C48H54O11/c1-33-42(53-31-38-23-25-39(51-2)26-24-38)44(54-28-35-17-9-4-10-18-35)41(49)48(57-33)59-43-40(32-52-27-34-15-7-3-8-16-34)58-47(50)46(56-30-37-21-13-6-14-22-37)45(43)55-29-36-19-11-5-12-20-36/h3-26,33,40-50H,27-32H2,1-2H3/t33-,40+,41+,42-,43-,44-,45-,46+,47+,48-/m0/s1. The number of rotatable bonds is 19. The second kappa shape index (κ2) is 21.7. The molecule has 5 aromatic rings. The van der Waals surface area contributed by atoms with Gasteiger partial charge in [-0.2, -0.15) is 0 Å². The van der Waals surface area contributed by atoms with Gasteiger partial charge in [0.1, 0.15) is 48.5 Å². The SMILES string of the molecule is COc1ccc(CO[C@@H]2[C@@H](OCc3ccccc3)[C@@H](O)[C@H](O[C@@H]3[C@H](OCc4ccccc4)[C@@H](OCc4ccccc4)[C@H](O)O[C@@H]3COCc3ccccc3)O[C@H]2C)cc1. The van der Waals surface area contributed by atoms with Crippen molar-refractivity contribution in [3.05, 3.63) is 173 Å². The average Bonchev–Trinajstić information content (AvgIpc) is 3.28. The molecule has 5 aromatic carbocycles. The van der Waals surface area contributed by atoms with Crippen molar-refractivity contribution in [3.8, 4) is 5.75 Å². The molecule has 0 aliphatic carbocycles. The lowest BCUT2D eigenvalue weighted by Crippen LogP contribution is -2.65. The lowest BCUT2D eigenvalue weighted by Gasteiger charge is -2.48. The molecular weight excluding hydrogens is 753 g/mol. The Morgan fingerprint density at radius 2 is 0.915 bits per heavy atom. The normalized spacial score (nSPS) is 27.0. The van der Waals surface area contributed by atoms with Crippen molar-refractivity contribution < 1.29 is 52.8 Å². The van der Waals surface area contributed by atoms with Crippen LogP contribution in [-0.4, -0.2) is 85.3 Å². The molecule has 2 heterocycles. The Morgan fingerprint density at radius 1 is 0.475 bits per heavy atom. The van der Waals surface area contributed by atoms with Crippen LogP contribution in [0.4, 0.5) is 0 Å². The van der Waals surface area contributed by atoms with Crippen LogP contribution in [0.1, 0.15) is 34.7 Å². The third-order valence-electron chi connectivity index (χ3n) is 10.5. The summed E-state index contributed by atoms with van der Waals surface area (Å²) in [5.74, 6) is 0.740. The van der Waals surface area contributed by atoms with Gasteiger partial charge >= 0.3 is 0 Å². The Morgan fingerprint density at radius 3 is 1.42 bits per heavy atom. The molecule has 2 aliphatic rings. The van der Waals surface area contributed by atoms with E-state index in [0.29, 0.717) is 6.61 Å². The van der Waals surface area contributed by atoms with Gasteiger partial charge in [-0.05, 0) is 46.9 Å². The van der Waals surface area contributed by atoms with E-state index in [4.69, 9.17) is 42.6 Å². The second-order valence-corrected chi connectivity index (χ2v) is 14.8. The molecule has 0 spiro atoms. The summed E-state index contributed by atoms with van der Waals surface area (Å²) in [6.45, 7) is 3.05. The first-order valence-electron chi connectivity index (χ1n) is 20.1. The Balaban J connectivity index is 1.16. The van der Waals surface area contributed by atoms with Crippen LogP contribution in [0.2, 0.25) is 0 Å². The number of hydrogen-bond donors (Lipinski definition) is 2. The number of methoxy groups -OCH3 is 1. The minimum atomic E-state index is -1.39. The van der Waals surface area contributed by atoms with Crippen molar-refractivity contribution in [3.63, 3.8) is 0 Å². The number of benzene rings is 5. The number of aliphatic hydroxyl groups is 2. The molecule has 2 saturated heterocycles. The molecule has 10 atom stereocenters. The number of aliphatic hydroxyl groups excluding tert-OH is 2. The zero-order valence-electron chi connectivity index (χ0n) is 33.4. The Kier molecular flexibility index (Phi) is 15.6. The van der Waals surface area contributed by atoms with Crippen molar-refractivity contribution in [1.29, 1.82) is 0 Å². The van der Waals surface area contributed by atoms with Crippen LogP contribution >= 0.6 is 0 Å². The van der Waals surface area contributed by atoms with Gasteiger partial charge in [-0.15, -0.1) is 0 Å². The van der Waals surface area contributed by atoms with Gasteiger partial charge in [-0.1, -0.05) is 133 Å². The Labute approximate surface area is 346 Å². The van der Waals surface area contributed by atoms with Crippen molar-refractivity contribution in [2.24, 2.45) is 0 Å². The first-order valence-corrected chi connectivity index (χ1v) is 20.1. The highest BCUT2D eigenvalue weighted by molar-refractivity contribution is 5.27. The summed E-state index contributed by atoms with van der Waals surface area (Å²) in [6, 6.07) is 46.5. The van der Waals surface area contributed by atoms with Gasteiger partial charge in [0.25, 0.3) is 0 Å². The molecular formula is C48H54O11. The van der Waals surface area contributed by atoms with Crippen LogP contribution in [0.5, 0.6) is 5.75 Å². The fourth-order valence-corrected chi connectivity index (χ4v) is 7.32. The topological polar surface area (TPSA) is 124 Å². The molecule has 2 N–H and O–H groups in total. The minimum Gasteiger partial charge on any atom is -0.497 e. The van der Waals surface area contributed by atoms with Crippen LogP contribution in [-0.2, 0) is 70.9 Å². The van der Waals surface area contributed by atoms with Gasteiger partial charge in [0.05, 0.1) is 52.9 Å². The van der Waals surface area contributed by atoms with Gasteiger partial charge in [-0.3, -0.25) is 0 Å².